The molecule has 0 aromatic carbocycles. The summed E-state index contributed by atoms with van der Waals surface area (Å²) in [4.78, 5) is 1.52. The molecule has 1 aliphatic carbocycles. The second kappa shape index (κ2) is 6.21. The Balaban J connectivity index is 2.01. The average molecular weight is 265 g/mol. The van der Waals surface area contributed by atoms with Crippen LogP contribution in [-0.4, -0.2) is 6.04 Å². The summed E-state index contributed by atoms with van der Waals surface area (Å²) in [7, 11) is 0. The Hall–Kier alpha value is -0.340. The van der Waals surface area contributed by atoms with E-state index in [-0.39, 0.29) is 0 Å². The van der Waals surface area contributed by atoms with Crippen LogP contribution in [-0.2, 0) is 0 Å². The third kappa shape index (κ3) is 3.16. The van der Waals surface area contributed by atoms with Crippen molar-refractivity contribution in [3.8, 4) is 0 Å². The van der Waals surface area contributed by atoms with E-state index in [2.05, 4.69) is 44.5 Å². The van der Waals surface area contributed by atoms with Crippen LogP contribution < -0.4 is 5.32 Å². The SMILES string of the molecule is Cc1ccsc1C(C)NC1CCCCC1C(C)C. The lowest BCUT2D eigenvalue weighted by atomic mass is 9.77. The summed E-state index contributed by atoms with van der Waals surface area (Å²) in [6.45, 7) is 9.31. The minimum absolute atomic E-state index is 0.509. The Morgan fingerprint density at radius 1 is 1.22 bits per heavy atom. The summed E-state index contributed by atoms with van der Waals surface area (Å²) >= 11 is 1.89. The molecule has 1 fully saturated rings. The van der Waals surface area contributed by atoms with Gasteiger partial charge in [-0.25, -0.2) is 0 Å². The van der Waals surface area contributed by atoms with Gasteiger partial charge in [0, 0.05) is 17.0 Å². The van der Waals surface area contributed by atoms with E-state index < -0.39 is 0 Å². The van der Waals surface area contributed by atoms with Gasteiger partial charge >= 0.3 is 0 Å². The minimum Gasteiger partial charge on any atom is -0.306 e. The van der Waals surface area contributed by atoms with Crippen molar-refractivity contribution in [3.05, 3.63) is 21.9 Å². The van der Waals surface area contributed by atoms with Crippen molar-refractivity contribution in [2.45, 2.75) is 65.5 Å². The van der Waals surface area contributed by atoms with E-state index in [1.165, 1.54) is 36.1 Å². The summed E-state index contributed by atoms with van der Waals surface area (Å²) in [6, 6.07) is 3.46. The van der Waals surface area contributed by atoms with Gasteiger partial charge in [0.25, 0.3) is 0 Å². The van der Waals surface area contributed by atoms with E-state index in [0.29, 0.717) is 6.04 Å². The highest BCUT2D eigenvalue weighted by Crippen LogP contribution is 2.33. The molecule has 3 unspecified atom stereocenters. The lowest BCUT2D eigenvalue weighted by Crippen LogP contribution is -2.41. The maximum atomic E-state index is 3.90. The van der Waals surface area contributed by atoms with E-state index >= 15 is 0 Å². The van der Waals surface area contributed by atoms with Crippen molar-refractivity contribution >= 4 is 11.3 Å². The molecule has 1 aromatic heterocycles. The Morgan fingerprint density at radius 3 is 2.56 bits per heavy atom. The quantitative estimate of drug-likeness (QED) is 0.814. The largest absolute Gasteiger partial charge is 0.306 e. The fourth-order valence-electron chi connectivity index (χ4n) is 3.39. The smallest absolute Gasteiger partial charge is 0.0391 e. The first-order chi connectivity index (χ1) is 8.59. The van der Waals surface area contributed by atoms with Gasteiger partial charge in [-0.05, 0) is 55.5 Å². The minimum atomic E-state index is 0.509. The molecule has 1 heterocycles. The lowest BCUT2D eigenvalue weighted by Gasteiger charge is -2.36. The van der Waals surface area contributed by atoms with Gasteiger partial charge in [-0.1, -0.05) is 26.7 Å². The molecule has 1 nitrogen and oxygen atoms in total. The van der Waals surface area contributed by atoms with Crippen molar-refractivity contribution in [2.75, 3.05) is 0 Å². The monoisotopic (exact) mass is 265 g/mol. The second-order valence-corrected chi connectivity index (χ2v) is 7.10. The molecule has 102 valence electrons. The third-order valence-corrected chi connectivity index (χ3v) is 5.64. The standard InChI is InChI=1S/C16H27NS/c1-11(2)14-7-5-6-8-15(14)17-13(4)16-12(3)9-10-18-16/h9-11,13-15,17H,5-8H2,1-4H3. The van der Waals surface area contributed by atoms with Crippen LogP contribution in [0.2, 0.25) is 0 Å². The molecule has 18 heavy (non-hydrogen) atoms. The van der Waals surface area contributed by atoms with Gasteiger partial charge in [0.05, 0.1) is 0 Å². The van der Waals surface area contributed by atoms with Gasteiger partial charge in [0.2, 0.25) is 0 Å². The van der Waals surface area contributed by atoms with Crippen molar-refractivity contribution in [3.63, 3.8) is 0 Å². The van der Waals surface area contributed by atoms with Gasteiger partial charge in [0.1, 0.15) is 0 Å². The summed E-state index contributed by atoms with van der Waals surface area (Å²) in [5.41, 5.74) is 1.44. The van der Waals surface area contributed by atoms with Crippen LogP contribution in [0, 0.1) is 18.8 Å². The molecule has 2 rings (SSSR count). The Bertz CT molecular complexity index is 369. The Morgan fingerprint density at radius 2 is 1.94 bits per heavy atom. The van der Waals surface area contributed by atoms with E-state index in [1.54, 1.807) is 0 Å². The average Bonchev–Trinajstić information content (AvgIpc) is 2.76. The van der Waals surface area contributed by atoms with Crippen molar-refractivity contribution in [1.82, 2.24) is 5.32 Å². The molecule has 0 saturated heterocycles. The highest BCUT2D eigenvalue weighted by molar-refractivity contribution is 7.10. The van der Waals surface area contributed by atoms with Gasteiger partial charge in [0.15, 0.2) is 0 Å². The van der Waals surface area contributed by atoms with Crippen LogP contribution in [0.25, 0.3) is 0 Å². The summed E-state index contributed by atoms with van der Waals surface area (Å²) < 4.78 is 0. The first-order valence-corrected chi connectivity index (χ1v) is 8.27. The number of nitrogens with one attached hydrogen (secondary N) is 1. The molecule has 1 aromatic rings. The zero-order valence-corrected chi connectivity index (χ0v) is 13.0. The van der Waals surface area contributed by atoms with Crippen LogP contribution >= 0.6 is 11.3 Å². The maximum absolute atomic E-state index is 3.90. The van der Waals surface area contributed by atoms with E-state index in [4.69, 9.17) is 0 Å². The predicted molar refractivity (Wildman–Crippen MR) is 81.2 cm³/mol. The highest BCUT2D eigenvalue weighted by atomic mass is 32.1. The lowest BCUT2D eigenvalue weighted by molar-refractivity contribution is 0.195. The van der Waals surface area contributed by atoms with Crippen LogP contribution in [0.3, 0.4) is 0 Å². The topological polar surface area (TPSA) is 12.0 Å². The third-order valence-electron chi connectivity index (χ3n) is 4.43. The zero-order valence-electron chi connectivity index (χ0n) is 12.2. The van der Waals surface area contributed by atoms with Crippen molar-refractivity contribution < 1.29 is 0 Å². The molecule has 2 heteroatoms. The van der Waals surface area contributed by atoms with E-state index in [9.17, 15) is 0 Å². The van der Waals surface area contributed by atoms with Gasteiger partial charge in [-0.15, -0.1) is 11.3 Å². The molecule has 0 bridgehead atoms. The summed E-state index contributed by atoms with van der Waals surface area (Å²) in [6.07, 6.45) is 5.59. The molecular formula is C16H27NS. The first kappa shape index (κ1) is 14.1. The molecule has 0 radical (unpaired) electrons. The number of hydrogen-bond acceptors (Lipinski definition) is 2. The summed E-state index contributed by atoms with van der Waals surface area (Å²) in [5.74, 6) is 1.67. The van der Waals surface area contributed by atoms with Gasteiger partial charge in [-0.3, -0.25) is 0 Å². The van der Waals surface area contributed by atoms with Crippen LogP contribution in [0.15, 0.2) is 11.4 Å². The fourth-order valence-corrected chi connectivity index (χ4v) is 4.33. The molecule has 0 amide bonds. The molecule has 0 spiro atoms. The van der Waals surface area contributed by atoms with Crippen molar-refractivity contribution in [2.24, 2.45) is 11.8 Å². The van der Waals surface area contributed by atoms with E-state index in [0.717, 1.165) is 17.9 Å². The molecule has 1 saturated carbocycles. The molecular weight excluding hydrogens is 238 g/mol. The molecule has 1 aliphatic rings. The number of aryl methyl sites for hydroxylation is 1. The predicted octanol–water partition coefficient (Wildman–Crippen LogP) is 4.92. The maximum Gasteiger partial charge on any atom is 0.0391 e. The molecule has 3 atom stereocenters. The zero-order chi connectivity index (χ0) is 13.1. The van der Waals surface area contributed by atoms with Crippen molar-refractivity contribution in [1.29, 1.82) is 0 Å². The highest BCUT2D eigenvalue weighted by Gasteiger charge is 2.28. The normalized spacial score (nSPS) is 26.5. The van der Waals surface area contributed by atoms with Crippen LogP contribution in [0.1, 0.15) is 62.9 Å². The molecule has 0 aliphatic heterocycles. The first-order valence-electron chi connectivity index (χ1n) is 7.39. The van der Waals surface area contributed by atoms with Gasteiger partial charge in [-0.2, -0.15) is 0 Å². The Labute approximate surface area is 116 Å². The van der Waals surface area contributed by atoms with E-state index in [1.807, 2.05) is 11.3 Å². The van der Waals surface area contributed by atoms with Gasteiger partial charge < -0.3 is 5.32 Å². The van der Waals surface area contributed by atoms with Crippen LogP contribution in [0.4, 0.5) is 0 Å². The fraction of sp³-hybridized carbons (Fsp3) is 0.750. The van der Waals surface area contributed by atoms with Crippen LogP contribution in [0.5, 0.6) is 0 Å². The number of rotatable bonds is 4. The summed E-state index contributed by atoms with van der Waals surface area (Å²) in [5, 5.41) is 6.12. The number of hydrogen-bond donors (Lipinski definition) is 1. The second-order valence-electron chi connectivity index (χ2n) is 6.16. The molecule has 1 N–H and O–H groups in total. The Kier molecular flexibility index (Phi) is 4.85. The number of thiophene rings is 1.